The summed E-state index contributed by atoms with van der Waals surface area (Å²) in [6.07, 6.45) is 0. The number of amides is 1. The standard InChI is InChI=1S/C33H22ClN3O/c34-25-20-18-24(19-21-25)33(38)36-28-16-8-7-14-26(28)27-15-9-17-29-32(27)37-31(23-12-5-2-6-13-23)30(35-29)22-10-3-1-4-11-22/h1-21H,(H,36,38). The minimum absolute atomic E-state index is 0.211. The molecule has 0 aliphatic rings. The average molecular weight is 512 g/mol. The highest BCUT2D eigenvalue weighted by atomic mass is 35.5. The normalized spacial score (nSPS) is 10.9. The van der Waals surface area contributed by atoms with Crippen molar-refractivity contribution in [3.63, 3.8) is 0 Å². The Morgan fingerprint density at radius 2 is 1.16 bits per heavy atom. The van der Waals surface area contributed by atoms with Crippen LogP contribution in [0.25, 0.3) is 44.7 Å². The van der Waals surface area contributed by atoms with Crippen LogP contribution in [0.4, 0.5) is 5.69 Å². The molecule has 0 radical (unpaired) electrons. The Labute approximate surface area is 225 Å². The van der Waals surface area contributed by atoms with Gasteiger partial charge in [-0.25, -0.2) is 9.97 Å². The van der Waals surface area contributed by atoms with E-state index in [4.69, 9.17) is 21.6 Å². The minimum Gasteiger partial charge on any atom is -0.321 e. The molecule has 1 amide bonds. The van der Waals surface area contributed by atoms with Crippen molar-refractivity contribution >= 4 is 34.2 Å². The first-order valence-electron chi connectivity index (χ1n) is 12.3. The van der Waals surface area contributed by atoms with E-state index in [1.165, 1.54) is 0 Å². The molecule has 182 valence electrons. The number of anilines is 1. The molecule has 0 fully saturated rings. The van der Waals surface area contributed by atoms with Gasteiger partial charge in [-0.1, -0.05) is 103 Å². The number of hydrogen-bond acceptors (Lipinski definition) is 3. The lowest BCUT2D eigenvalue weighted by Crippen LogP contribution is -2.12. The van der Waals surface area contributed by atoms with Gasteiger partial charge in [-0.05, 0) is 36.4 Å². The van der Waals surface area contributed by atoms with Crippen LogP contribution in [0.5, 0.6) is 0 Å². The van der Waals surface area contributed by atoms with Crippen LogP contribution in [-0.4, -0.2) is 15.9 Å². The molecular weight excluding hydrogens is 490 g/mol. The second-order valence-electron chi connectivity index (χ2n) is 8.83. The lowest BCUT2D eigenvalue weighted by atomic mass is 9.99. The Bertz CT molecular complexity index is 1750. The molecule has 4 nitrogen and oxygen atoms in total. The maximum atomic E-state index is 13.0. The van der Waals surface area contributed by atoms with E-state index in [-0.39, 0.29) is 5.91 Å². The van der Waals surface area contributed by atoms with Gasteiger partial charge in [0, 0.05) is 38.5 Å². The van der Waals surface area contributed by atoms with Gasteiger partial charge < -0.3 is 5.32 Å². The molecule has 5 aromatic carbocycles. The first kappa shape index (κ1) is 23.6. The van der Waals surface area contributed by atoms with Crippen LogP contribution in [0, 0.1) is 0 Å². The zero-order valence-corrected chi connectivity index (χ0v) is 21.1. The fraction of sp³-hybridized carbons (Fsp3) is 0. The first-order valence-corrected chi connectivity index (χ1v) is 12.6. The fourth-order valence-electron chi connectivity index (χ4n) is 4.51. The summed E-state index contributed by atoms with van der Waals surface area (Å²) in [7, 11) is 0. The number of hydrogen-bond donors (Lipinski definition) is 1. The van der Waals surface area contributed by atoms with Gasteiger partial charge in [-0.3, -0.25) is 4.79 Å². The molecule has 0 aliphatic heterocycles. The summed E-state index contributed by atoms with van der Waals surface area (Å²) >= 11 is 6.00. The van der Waals surface area contributed by atoms with Crippen molar-refractivity contribution in [3.8, 4) is 33.6 Å². The summed E-state index contributed by atoms with van der Waals surface area (Å²) in [6.45, 7) is 0. The van der Waals surface area contributed by atoms with E-state index < -0.39 is 0 Å². The Hall–Kier alpha value is -4.80. The zero-order chi connectivity index (χ0) is 25.9. The van der Waals surface area contributed by atoms with Gasteiger partial charge in [0.15, 0.2) is 0 Å². The molecule has 0 saturated carbocycles. The predicted molar refractivity (Wildman–Crippen MR) is 155 cm³/mol. The van der Waals surface area contributed by atoms with Crippen molar-refractivity contribution in [2.45, 2.75) is 0 Å². The quantitative estimate of drug-likeness (QED) is 0.252. The van der Waals surface area contributed by atoms with Gasteiger partial charge in [-0.15, -0.1) is 0 Å². The van der Waals surface area contributed by atoms with E-state index in [2.05, 4.69) is 5.32 Å². The monoisotopic (exact) mass is 511 g/mol. The molecule has 0 bridgehead atoms. The third-order valence-electron chi connectivity index (χ3n) is 6.36. The van der Waals surface area contributed by atoms with Gasteiger partial charge in [0.25, 0.3) is 5.91 Å². The molecule has 1 heterocycles. The maximum absolute atomic E-state index is 13.0. The Morgan fingerprint density at radius 1 is 0.579 bits per heavy atom. The third-order valence-corrected chi connectivity index (χ3v) is 6.61. The number of nitrogens with one attached hydrogen (secondary N) is 1. The number of carbonyl (C=O) groups is 1. The molecule has 1 N–H and O–H groups in total. The molecule has 38 heavy (non-hydrogen) atoms. The smallest absolute Gasteiger partial charge is 0.255 e. The van der Waals surface area contributed by atoms with E-state index in [9.17, 15) is 4.79 Å². The number of para-hydroxylation sites is 2. The molecule has 0 saturated heterocycles. The van der Waals surface area contributed by atoms with Crippen LogP contribution >= 0.6 is 11.6 Å². The van der Waals surface area contributed by atoms with Crippen LogP contribution in [0.1, 0.15) is 10.4 Å². The highest BCUT2D eigenvalue weighted by Gasteiger charge is 2.17. The maximum Gasteiger partial charge on any atom is 0.255 e. The Kier molecular flexibility index (Phi) is 6.39. The molecule has 0 spiro atoms. The van der Waals surface area contributed by atoms with Gasteiger partial charge >= 0.3 is 0 Å². The SMILES string of the molecule is O=C(Nc1ccccc1-c1cccc2nc(-c3ccccc3)c(-c3ccccc3)nc12)c1ccc(Cl)cc1. The number of rotatable bonds is 5. The van der Waals surface area contributed by atoms with Crippen molar-refractivity contribution in [2.24, 2.45) is 0 Å². The van der Waals surface area contributed by atoms with Crippen LogP contribution in [-0.2, 0) is 0 Å². The molecule has 6 aromatic rings. The van der Waals surface area contributed by atoms with E-state index in [1.54, 1.807) is 24.3 Å². The van der Waals surface area contributed by atoms with Crippen molar-refractivity contribution in [2.75, 3.05) is 5.32 Å². The highest BCUT2D eigenvalue weighted by molar-refractivity contribution is 6.30. The number of aromatic nitrogens is 2. The van der Waals surface area contributed by atoms with Crippen LogP contribution in [0.2, 0.25) is 5.02 Å². The number of halogens is 1. The highest BCUT2D eigenvalue weighted by Crippen LogP contribution is 2.36. The fourth-order valence-corrected chi connectivity index (χ4v) is 4.64. The molecule has 0 unspecified atom stereocenters. The number of fused-ring (bicyclic) bond motifs is 1. The van der Waals surface area contributed by atoms with Crippen molar-refractivity contribution in [1.82, 2.24) is 9.97 Å². The van der Waals surface area contributed by atoms with E-state index in [1.807, 2.05) is 103 Å². The second-order valence-corrected chi connectivity index (χ2v) is 9.27. The summed E-state index contributed by atoms with van der Waals surface area (Å²) in [5.41, 5.74) is 8.13. The van der Waals surface area contributed by atoms with Crippen LogP contribution in [0.3, 0.4) is 0 Å². The molecule has 0 atom stereocenters. The number of nitrogens with zero attached hydrogens (tertiary/aromatic N) is 2. The molecule has 5 heteroatoms. The van der Waals surface area contributed by atoms with Gasteiger partial charge in [0.2, 0.25) is 0 Å². The van der Waals surface area contributed by atoms with Crippen molar-refractivity contribution < 1.29 is 4.79 Å². The van der Waals surface area contributed by atoms with E-state index >= 15 is 0 Å². The van der Waals surface area contributed by atoms with Gasteiger partial charge in [0.1, 0.15) is 0 Å². The van der Waals surface area contributed by atoms with Crippen molar-refractivity contribution in [3.05, 3.63) is 138 Å². The summed E-state index contributed by atoms with van der Waals surface area (Å²) in [5, 5.41) is 3.65. The second kappa shape index (κ2) is 10.3. The van der Waals surface area contributed by atoms with Gasteiger partial charge in [-0.2, -0.15) is 0 Å². The summed E-state index contributed by atoms with van der Waals surface area (Å²) in [4.78, 5) is 23.3. The zero-order valence-electron chi connectivity index (χ0n) is 20.3. The lowest BCUT2D eigenvalue weighted by Gasteiger charge is -2.15. The molecule has 0 aliphatic carbocycles. The van der Waals surface area contributed by atoms with Gasteiger partial charge in [0.05, 0.1) is 22.4 Å². The topological polar surface area (TPSA) is 54.9 Å². The minimum atomic E-state index is -0.211. The largest absolute Gasteiger partial charge is 0.321 e. The molecular formula is C33H22ClN3O. The first-order chi connectivity index (χ1) is 18.7. The number of carbonyl (C=O) groups excluding carboxylic acids is 1. The molecule has 6 rings (SSSR count). The van der Waals surface area contributed by atoms with E-state index in [0.717, 1.165) is 44.7 Å². The Balaban J connectivity index is 1.51. The van der Waals surface area contributed by atoms with E-state index in [0.29, 0.717) is 16.3 Å². The average Bonchev–Trinajstić information content (AvgIpc) is 2.98. The Morgan fingerprint density at radius 3 is 1.84 bits per heavy atom. The molecule has 1 aromatic heterocycles. The summed E-state index contributed by atoms with van der Waals surface area (Å²) in [6, 6.07) is 40.7. The lowest BCUT2D eigenvalue weighted by molar-refractivity contribution is 0.102. The third kappa shape index (κ3) is 4.65. The number of benzene rings is 5. The summed E-state index contributed by atoms with van der Waals surface area (Å²) < 4.78 is 0. The van der Waals surface area contributed by atoms with Crippen LogP contribution < -0.4 is 5.32 Å². The van der Waals surface area contributed by atoms with Crippen molar-refractivity contribution in [1.29, 1.82) is 0 Å². The van der Waals surface area contributed by atoms with Crippen LogP contribution in [0.15, 0.2) is 127 Å². The predicted octanol–water partition coefficient (Wildman–Crippen LogP) is 8.54. The summed E-state index contributed by atoms with van der Waals surface area (Å²) in [5.74, 6) is -0.211.